The Morgan fingerprint density at radius 1 is 0.188 bits per heavy atom. The summed E-state index contributed by atoms with van der Waals surface area (Å²) >= 11 is 0. The molecule has 0 saturated carbocycles. The van der Waals surface area contributed by atoms with E-state index in [1.54, 1.807) is 0 Å². The molecule has 2 aliphatic heterocycles. The third-order valence-corrected chi connectivity index (χ3v) is 28.1. The van der Waals surface area contributed by atoms with Crippen molar-refractivity contribution in [1.82, 2.24) is 0 Å². The predicted molar refractivity (Wildman–Crippen MR) is 560 cm³/mol. The third kappa shape index (κ3) is 13.1. The Morgan fingerprint density at radius 3 is 0.782 bits per heavy atom. The van der Waals surface area contributed by atoms with Crippen molar-refractivity contribution in [2.75, 3.05) is 9.80 Å². The van der Waals surface area contributed by atoms with E-state index in [2.05, 4.69) is 472 Å². The highest BCUT2D eigenvalue weighted by Gasteiger charge is 2.47. The SMILES string of the molecule is CC(C)(C)c1cc(-c2cccc3oc4ccccc4c23)c(N2c3ccc(-c4cc(-c5ccccc5)cc(-c5ccccc5)c4)cc3B3c4ccc(-c5cc(-c6ccccc6)cc(-c6ccccc6)c5)cc4N(c4c(-c5cccc6oc7ccccc7c56)cc(C(C)(C)C)cc4-c4cccc5oc6ccccc6c45)c4cc(C(C)(C)C)cc2c43)c(-c2cccc3oc4ccccc4c23)c1. The maximum atomic E-state index is 7.11. The van der Waals surface area contributed by atoms with Crippen LogP contribution >= 0.6 is 0 Å². The number of hydrogen-bond acceptors (Lipinski definition) is 6. The molecule has 0 unspecified atom stereocenters. The van der Waals surface area contributed by atoms with Crippen molar-refractivity contribution in [2.24, 2.45) is 0 Å². The van der Waals surface area contributed by atoms with Crippen molar-refractivity contribution < 1.29 is 17.7 Å². The molecule has 6 heterocycles. The highest BCUT2D eigenvalue weighted by Crippen LogP contribution is 2.59. The van der Waals surface area contributed by atoms with Gasteiger partial charge < -0.3 is 27.5 Å². The summed E-state index contributed by atoms with van der Waals surface area (Å²) in [4.78, 5) is 5.49. The molecular weight excluding hydrogens is 1620 g/mol. The van der Waals surface area contributed by atoms with Gasteiger partial charge in [0.05, 0.1) is 11.4 Å². The lowest BCUT2D eigenvalue weighted by molar-refractivity contribution is 0.590. The molecule has 0 spiro atoms. The quantitative estimate of drug-likeness (QED) is 0.114. The molecule has 7 heteroatoms. The van der Waals surface area contributed by atoms with Gasteiger partial charge in [-0.05, 0) is 272 Å². The average molecular weight is 1710 g/mol. The minimum absolute atomic E-state index is 0.369. The van der Waals surface area contributed by atoms with Crippen LogP contribution in [0.5, 0.6) is 0 Å². The van der Waals surface area contributed by atoms with Crippen LogP contribution < -0.4 is 26.2 Å². The van der Waals surface area contributed by atoms with Gasteiger partial charge in [0, 0.05) is 88.1 Å². The van der Waals surface area contributed by atoms with E-state index in [1.807, 2.05) is 0 Å². The summed E-state index contributed by atoms with van der Waals surface area (Å²) in [5, 5.41) is 8.36. The van der Waals surface area contributed by atoms with Crippen LogP contribution in [-0.4, -0.2) is 6.71 Å². The highest BCUT2D eigenvalue weighted by atomic mass is 16.3. The van der Waals surface area contributed by atoms with Gasteiger partial charge >= 0.3 is 0 Å². The molecule has 0 N–H and O–H groups in total. The van der Waals surface area contributed by atoms with E-state index in [9.17, 15) is 0 Å². The summed E-state index contributed by atoms with van der Waals surface area (Å²) in [7, 11) is 0. The van der Waals surface area contributed by atoms with Crippen molar-refractivity contribution in [1.29, 1.82) is 0 Å². The second-order valence-corrected chi connectivity index (χ2v) is 39.3. The lowest BCUT2D eigenvalue weighted by atomic mass is 9.33. The van der Waals surface area contributed by atoms with Crippen LogP contribution in [0.4, 0.5) is 34.1 Å². The highest BCUT2D eigenvalue weighted by molar-refractivity contribution is 7.00. The number of rotatable bonds is 12. The topological polar surface area (TPSA) is 59.0 Å². The van der Waals surface area contributed by atoms with Gasteiger partial charge in [-0.2, -0.15) is 0 Å². The molecule has 19 aromatic carbocycles. The molecule has 6 nitrogen and oxygen atoms in total. The number of para-hydroxylation sites is 4. The van der Waals surface area contributed by atoms with E-state index in [0.717, 1.165) is 255 Å². The number of anilines is 6. The van der Waals surface area contributed by atoms with Crippen molar-refractivity contribution in [3.05, 3.63) is 417 Å². The summed E-state index contributed by atoms with van der Waals surface area (Å²) in [5.74, 6) is 0. The Kier molecular flexibility index (Phi) is 18.1. The first-order valence-corrected chi connectivity index (χ1v) is 46.4. The van der Waals surface area contributed by atoms with Crippen molar-refractivity contribution in [3.8, 4) is 111 Å². The maximum absolute atomic E-state index is 7.11. The Balaban J connectivity index is 0.886. The number of benzene rings is 19. The summed E-state index contributed by atoms with van der Waals surface area (Å²) in [6, 6.07) is 149. The summed E-state index contributed by atoms with van der Waals surface area (Å²) in [5.41, 5.74) is 40.5. The molecule has 0 bridgehead atoms. The predicted octanol–water partition coefficient (Wildman–Crippen LogP) is 33.9. The van der Waals surface area contributed by atoms with Gasteiger partial charge in [-0.3, -0.25) is 0 Å². The van der Waals surface area contributed by atoms with Gasteiger partial charge in [-0.1, -0.05) is 329 Å². The summed E-state index contributed by atoms with van der Waals surface area (Å²) < 4.78 is 28.4. The second kappa shape index (κ2) is 30.3. The Bertz CT molecular complexity index is 8320. The van der Waals surface area contributed by atoms with Crippen LogP contribution in [0.15, 0.2) is 418 Å². The first kappa shape index (κ1) is 79.2. The minimum Gasteiger partial charge on any atom is -0.456 e. The molecule has 0 saturated heterocycles. The molecule has 0 radical (unpaired) electrons. The fourth-order valence-corrected chi connectivity index (χ4v) is 21.5. The van der Waals surface area contributed by atoms with Gasteiger partial charge in [0.2, 0.25) is 0 Å². The molecule has 2 aliphatic rings. The van der Waals surface area contributed by atoms with E-state index >= 15 is 0 Å². The van der Waals surface area contributed by atoms with E-state index < -0.39 is 12.1 Å². The first-order chi connectivity index (χ1) is 64.8. The average Bonchev–Trinajstić information content (AvgIpc) is 1.67. The van der Waals surface area contributed by atoms with Crippen LogP contribution in [0.1, 0.15) is 79.0 Å². The zero-order valence-electron chi connectivity index (χ0n) is 75.7. The van der Waals surface area contributed by atoms with E-state index in [0.29, 0.717) is 0 Å². The normalized spacial score (nSPS) is 12.8. The molecule has 133 heavy (non-hydrogen) atoms. The number of fused-ring (bicyclic) bond motifs is 16. The summed E-state index contributed by atoms with van der Waals surface area (Å²) in [6.07, 6.45) is 0. The van der Waals surface area contributed by atoms with Gasteiger partial charge in [-0.25, -0.2) is 0 Å². The molecule has 0 atom stereocenters. The van der Waals surface area contributed by atoms with E-state index in [4.69, 9.17) is 17.7 Å². The summed E-state index contributed by atoms with van der Waals surface area (Å²) in [6.45, 7) is 20.9. The van der Waals surface area contributed by atoms with Gasteiger partial charge in [0.25, 0.3) is 6.71 Å². The smallest absolute Gasteiger partial charge is 0.252 e. The number of nitrogens with zero attached hydrogens (tertiary/aromatic N) is 2. The molecule has 0 amide bonds. The second-order valence-electron chi connectivity index (χ2n) is 39.3. The monoisotopic (exact) mass is 1710 g/mol. The lowest BCUT2D eigenvalue weighted by Crippen LogP contribution is -2.61. The zero-order chi connectivity index (χ0) is 89.4. The Hall–Kier alpha value is -16.0. The lowest BCUT2D eigenvalue weighted by Gasteiger charge is -2.47. The Labute approximate surface area is 774 Å². The number of hydrogen-bond donors (Lipinski definition) is 0. The molecule has 0 fully saturated rings. The standard InChI is InChI=1S/C126H93BN2O4/c1-124(2,3)88-70-99(91-46-30-54-113-117(91)95-42-22-26-50-109(95)130-113)122(100(71-88)92-47-31-55-114-118(92)96-43-23-27-51-110(96)131-114)128-105-61-59-80(86-64-82(76-34-14-10-15-35-76)62-83(65-86)77-36-16-11-17-37-77)68-104(105)127-103-60-58-81(87-66-84(78-38-18-12-19-39-78)63-85(67-87)79-40-20-13-21-41-79)69-106(103)129(108-75-90(126(7,8)9)74-107(128)121(108)127)123-101(93-48-32-56-115-119(93)97-44-24-28-52-111(97)132-115)72-89(125(4,5)6)73-102(123)94-49-33-57-116-120(94)98-45-25-29-53-112(98)133-116/h10-75H,1-9H3. The van der Waals surface area contributed by atoms with Crippen molar-refractivity contribution in [3.63, 3.8) is 0 Å². The largest absolute Gasteiger partial charge is 0.456 e. The fraction of sp³-hybridized carbons (Fsp3) is 0.0952. The molecule has 4 aromatic heterocycles. The van der Waals surface area contributed by atoms with Crippen LogP contribution in [0.2, 0.25) is 0 Å². The zero-order valence-corrected chi connectivity index (χ0v) is 75.7. The third-order valence-electron chi connectivity index (χ3n) is 28.1. The van der Waals surface area contributed by atoms with Crippen LogP contribution in [0.25, 0.3) is 199 Å². The van der Waals surface area contributed by atoms with E-state index in [-0.39, 0.29) is 10.8 Å². The minimum atomic E-state index is -0.481. The molecule has 23 aromatic rings. The first-order valence-electron chi connectivity index (χ1n) is 46.4. The van der Waals surface area contributed by atoms with Gasteiger partial charge in [-0.15, -0.1) is 0 Å². The van der Waals surface area contributed by atoms with Crippen molar-refractivity contribution >= 4 is 145 Å². The molecular formula is C126H93BN2O4. The molecule has 0 aliphatic carbocycles. The maximum Gasteiger partial charge on any atom is 0.252 e. The Morgan fingerprint density at radius 2 is 0.459 bits per heavy atom. The number of furan rings is 4. The molecule has 25 rings (SSSR count). The molecule has 634 valence electrons. The van der Waals surface area contributed by atoms with Crippen LogP contribution in [0.3, 0.4) is 0 Å². The van der Waals surface area contributed by atoms with Crippen LogP contribution in [-0.2, 0) is 16.2 Å². The van der Waals surface area contributed by atoms with Crippen LogP contribution in [0, 0.1) is 0 Å². The van der Waals surface area contributed by atoms with Gasteiger partial charge in [0.1, 0.15) is 44.7 Å². The van der Waals surface area contributed by atoms with Gasteiger partial charge in [0.15, 0.2) is 0 Å². The van der Waals surface area contributed by atoms with Crippen molar-refractivity contribution in [2.45, 2.75) is 78.6 Å². The van der Waals surface area contributed by atoms with E-state index in [1.165, 1.54) is 11.1 Å². The fourth-order valence-electron chi connectivity index (χ4n) is 21.5.